The number of benzene rings is 2. The summed E-state index contributed by atoms with van der Waals surface area (Å²) in [6, 6.07) is 15.1. The molecule has 2 aromatic heterocycles. The third kappa shape index (κ3) is 7.75. The van der Waals surface area contributed by atoms with E-state index in [0.717, 1.165) is 46.9 Å². The van der Waals surface area contributed by atoms with Crippen LogP contribution in [0.5, 0.6) is 0 Å². The fraction of sp³-hybridized carbons (Fsp3) is 0.375. The fourth-order valence-electron chi connectivity index (χ4n) is 5.63. The van der Waals surface area contributed by atoms with Crippen LogP contribution in [0.3, 0.4) is 0 Å². The summed E-state index contributed by atoms with van der Waals surface area (Å²) in [5.74, 6) is 3.03. The number of hydrogen-bond donors (Lipinski definition) is 3. The Balaban J connectivity index is 0.000000173. The highest BCUT2D eigenvalue weighted by Gasteiger charge is 2.21. The summed E-state index contributed by atoms with van der Waals surface area (Å²) in [7, 11) is 0. The fourth-order valence-corrected chi connectivity index (χ4v) is 5.95. The van der Waals surface area contributed by atoms with E-state index in [1.165, 1.54) is 50.7 Å². The van der Waals surface area contributed by atoms with E-state index in [2.05, 4.69) is 30.6 Å². The molecule has 43 heavy (non-hydrogen) atoms. The minimum atomic E-state index is -0.422. The van der Waals surface area contributed by atoms with Crippen molar-refractivity contribution in [1.82, 2.24) is 19.9 Å². The molecule has 4 N–H and O–H groups in total. The van der Waals surface area contributed by atoms with E-state index in [1.807, 2.05) is 37.4 Å². The smallest absolute Gasteiger partial charge is 0.269 e. The minimum Gasteiger partial charge on any atom is -0.399 e. The molecule has 11 heteroatoms. The second-order valence-electron chi connectivity index (χ2n) is 11.1. The lowest BCUT2D eigenvalue weighted by atomic mass is 10.1. The van der Waals surface area contributed by atoms with Crippen LogP contribution in [0.4, 0.5) is 23.0 Å². The lowest BCUT2D eigenvalue weighted by Gasteiger charge is -2.17. The van der Waals surface area contributed by atoms with Crippen LogP contribution in [0.2, 0.25) is 5.15 Å². The molecule has 0 spiro atoms. The highest BCUT2D eigenvalue weighted by molar-refractivity contribution is 6.32. The van der Waals surface area contributed by atoms with Gasteiger partial charge in [0.05, 0.1) is 10.5 Å². The minimum absolute atomic E-state index is 0.0446. The average Bonchev–Trinajstić information content (AvgIpc) is 3.69. The number of aryl methyl sites for hydroxylation is 2. The Morgan fingerprint density at radius 1 is 0.791 bits per heavy atom. The van der Waals surface area contributed by atoms with Gasteiger partial charge >= 0.3 is 0 Å². The zero-order chi connectivity index (χ0) is 30.3. The van der Waals surface area contributed by atoms with Gasteiger partial charge in [0, 0.05) is 41.7 Å². The van der Waals surface area contributed by atoms with Crippen LogP contribution in [0.1, 0.15) is 63.0 Å². The van der Waals surface area contributed by atoms with Crippen LogP contribution in [0.15, 0.2) is 54.7 Å². The van der Waals surface area contributed by atoms with E-state index in [0.29, 0.717) is 34.4 Å². The van der Waals surface area contributed by atoms with Crippen LogP contribution in [0.25, 0.3) is 22.3 Å². The number of nitro groups is 1. The molecule has 0 bridgehead atoms. The number of rotatable bonds is 7. The Morgan fingerprint density at radius 3 is 1.91 bits per heavy atom. The Bertz CT molecular complexity index is 1550. The molecule has 2 heterocycles. The first-order chi connectivity index (χ1) is 20.8. The molecule has 0 unspecified atom stereocenters. The lowest BCUT2D eigenvalue weighted by molar-refractivity contribution is -0.384. The summed E-state index contributed by atoms with van der Waals surface area (Å²) in [6.45, 7) is 3.72. The maximum absolute atomic E-state index is 10.8. The molecule has 224 valence electrons. The average molecular weight is 601 g/mol. The number of nitrogen functional groups attached to an aromatic ring is 1. The number of nitrogens with one attached hydrogen (secondary N) is 2. The predicted octanol–water partition coefficient (Wildman–Crippen LogP) is 7.76. The van der Waals surface area contributed by atoms with E-state index < -0.39 is 4.92 Å². The molecule has 0 saturated heterocycles. The third-order valence-electron chi connectivity index (χ3n) is 7.87. The van der Waals surface area contributed by atoms with Gasteiger partial charge in [-0.05, 0) is 74.9 Å². The molecule has 2 fully saturated rings. The molecule has 6 rings (SSSR count). The SMILES string of the molecule is Cc1nc(Cl)c(-c2ccc([N+](=O)[O-])cc2)c(NC2CCCC2)n1.Cc1ncc(-c2ccc(N)cc2)c(NC2CCCC2)n1. The van der Waals surface area contributed by atoms with Crippen LogP contribution in [-0.2, 0) is 0 Å². The Hall–Kier alpha value is -4.31. The Morgan fingerprint density at radius 2 is 1.33 bits per heavy atom. The quantitative estimate of drug-likeness (QED) is 0.0838. The molecule has 0 atom stereocenters. The van der Waals surface area contributed by atoms with E-state index in [-0.39, 0.29) is 5.69 Å². The molecule has 2 saturated carbocycles. The van der Waals surface area contributed by atoms with Crippen molar-refractivity contribution in [3.8, 4) is 22.3 Å². The van der Waals surface area contributed by atoms with E-state index in [9.17, 15) is 10.1 Å². The van der Waals surface area contributed by atoms with Gasteiger partial charge in [0.25, 0.3) is 5.69 Å². The second kappa shape index (κ2) is 13.8. The monoisotopic (exact) mass is 600 g/mol. The number of anilines is 3. The molecule has 2 aliphatic rings. The number of nitro benzene ring substituents is 1. The summed E-state index contributed by atoms with van der Waals surface area (Å²) >= 11 is 6.33. The molecule has 4 aromatic rings. The van der Waals surface area contributed by atoms with Crippen molar-refractivity contribution in [2.45, 2.75) is 77.3 Å². The zero-order valence-corrected chi connectivity index (χ0v) is 25.3. The number of nitrogens with two attached hydrogens (primary N) is 1. The van der Waals surface area contributed by atoms with Gasteiger partial charge in [-0.15, -0.1) is 0 Å². The first-order valence-electron chi connectivity index (χ1n) is 14.8. The van der Waals surface area contributed by atoms with Crippen molar-refractivity contribution in [2.75, 3.05) is 16.4 Å². The van der Waals surface area contributed by atoms with E-state index in [4.69, 9.17) is 17.3 Å². The van der Waals surface area contributed by atoms with Crippen LogP contribution in [-0.4, -0.2) is 36.9 Å². The highest BCUT2D eigenvalue weighted by Crippen LogP contribution is 2.35. The van der Waals surface area contributed by atoms with Gasteiger partial charge in [-0.25, -0.2) is 19.9 Å². The van der Waals surface area contributed by atoms with Gasteiger partial charge in [0.15, 0.2) is 0 Å². The van der Waals surface area contributed by atoms with Gasteiger partial charge in [-0.3, -0.25) is 10.1 Å². The molecule has 2 aliphatic carbocycles. The van der Waals surface area contributed by atoms with Gasteiger partial charge in [0.2, 0.25) is 0 Å². The first kappa shape index (κ1) is 30.2. The van der Waals surface area contributed by atoms with Crippen LogP contribution >= 0.6 is 11.6 Å². The van der Waals surface area contributed by atoms with Crippen molar-refractivity contribution in [3.05, 3.63) is 81.6 Å². The molecule has 2 aromatic carbocycles. The predicted molar refractivity (Wildman–Crippen MR) is 172 cm³/mol. The van der Waals surface area contributed by atoms with Crippen LogP contribution < -0.4 is 16.4 Å². The number of nitrogens with zero attached hydrogens (tertiary/aromatic N) is 5. The summed E-state index contributed by atoms with van der Waals surface area (Å²) in [4.78, 5) is 28.0. The zero-order valence-electron chi connectivity index (χ0n) is 24.5. The number of aromatic nitrogens is 4. The Kier molecular flexibility index (Phi) is 9.66. The summed E-state index contributed by atoms with van der Waals surface area (Å²) < 4.78 is 0. The van der Waals surface area contributed by atoms with Gasteiger partial charge in [-0.1, -0.05) is 49.4 Å². The molecule has 10 nitrogen and oxygen atoms in total. The third-order valence-corrected chi connectivity index (χ3v) is 8.14. The Labute approximate surface area is 256 Å². The maximum atomic E-state index is 10.8. The van der Waals surface area contributed by atoms with Crippen molar-refractivity contribution in [3.63, 3.8) is 0 Å². The largest absolute Gasteiger partial charge is 0.399 e. The topological polar surface area (TPSA) is 145 Å². The van der Waals surface area contributed by atoms with E-state index >= 15 is 0 Å². The van der Waals surface area contributed by atoms with Crippen molar-refractivity contribution < 1.29 is 4.92 Å². The van der Waals surface area contributed by atoms with Crippen molar-refractivity contribution in [2.24, 2.45) is 0 Å². The van der Waals surface area contributed by atoms with Gasteiger partial charge < -0.3 is 16.4 Å². The highest BCUT2D eigenvalue weighted by atomic mass is 35.5. The first-order valence-corrected chi connectivity index (χ1v) is 15.2. The molecular formula is C32H37ClN8O2. The number of halogens is 1. The number of hydrogen-bond acceptors (Lipinski definition) is 9. The van der Waals surface area contributed by atoms with Crippen LogP contribution in [0, 0.1) is 24.0 Å². The lowest BCUT2D eigenvalue weighted by Crippen LogP contribution is -2.17. The summed E-state index contributed by atoms with van der Waals surface area (Å²) in [6.07, 6.45) is 11.6. The van der Waals surface area contributed by atoms with Gasteiger partial charge in [0.1, 0.15) is 28.4 Å². The molecule has 0 aliphatic heterocycles. The normalized spacial score (nSPS) is 15.1. The van der Waals surface area contributed by atoms with Gasteiger partial charge in [-0.2, -0.15) is 0 Å². The molecular weight excluding hydrogens is 564 g/mol. The van der Waals surface area contributed by atoms with Crippen molar-refractivity contribution >= 4 is 34.6 Å². The van der Waals surface area contributed by atoms with E-state index in [1.54, 1.807) is 19.1 Å². The van der Waals surface area contributed by atoms with Crippen molar-refractivity contribution in [1.29, 1.82) is 0 Å². The summed E-state index contributed by atoms with van der Waals surface area (Å²) in [5, 5.41) is 18.2. The molecule has 0 amide bonds. The standard InChI is InChI=1S/C16H17ClN4O2.C16H20N4/c1-10-18-15(17)14(11-6-8-13(9-7-11)21(22)23)16(19-10)20-12-4-2-3-5-12;1-11-18-10-15(12-6-8-13(17)9-7-12)16(19-11)20-14-4-2-3-5-14/h6-9,12H,2-5H2,1H3,(H,18,19,20);6-10,14H,2-5,17H2,1H3,(H,18,19,20). The molecule has 0 radical (unpaired) electrons. The maximum Gasteiger partial charge on any atom is 0.269 e. The summed E-state index contributed by atoms with van der Waals surface area (Å²) in [5.41, 5.74) is 10.2. The number of non-ortho nitro benzene ring substituents is 1. The second-order valence-corrected chi connectivity index (χ2v) is 11.5.